The maximum absolute atomic E-state index is 12.6. The largest absolute Gasteiger partial charge is 0.398 e. The summed E-state index contributed by atoms with van der Waals surface area (Å²) in [5, 5.41) is 2.95. The van der Waals surface area contributed by atoms with Crippen molar-refractivity contribution in [2.24, 2.45) is 0 Å². The van der Waals surface area contributed by atoms with Crippen LogP contribution in [0.15, 0.2) is 18.2 Å². The van der Waals surface area contributed by atoms with Gasteiger partial charge in [-0.25, -0.2) is 0 Å². The molecule has 0 aromatic heterocycles. The number of aryl methyl sites for hydroxylation is 1. The van der Waals surface area contributed by atoms with Crippen molar-refractivity contribution < 1.29 is 14.3 Å². The van der Waals surface area contributed by atoms with Crippen LogP contribution in [0.1, 0.15) is 18.9 Å². The van der Waals surface area contributed by atoms with Crippen LogP contribution in [-0.2, 0) is 14.3 Å². The van der Waals surface area contributed by atoms with Crippen LogP contribution >= 0.6 is 0 Å². The number of methoxy groups -OCH3 is 2. The molecule has 0 spiro atoms. The van der Waals surface area contributed by atoms with E-state index in [4.69, 9.17) is 15.2 Å². The molecule has 1 aromatic rings. The molecule has 1 unspecified atom stereocenters. The Morgan fingerprint density at radius 2 is 1.87 bits per heavy atom. The number of carbonyl (C=O) groups excluding carboxylic acids is 1. The van der Waals surface area contributed by atoms with Crippen LogP contribution < -0.4 is 11.1 Å². The minimum absolute atomic E-state index is 0.0389. The second kappa shape index (κ2) is 10.2. The standard InChI is InChI=1S/C17H29N3O3/c1-5-16(20(8-10-22-3)9-11-23-4)17(21)19-14-7-6-13(2)15(18)12-14/h6-7,12,16H,5,8-11,18H2,1-4H3,(H,19,21). The van der Waals surface area contributed by atoms with Gasteiger partial charge in [-0.15, -0.1) is 0 Å². The van der Waals surface area contributed by atoms with Crippen LogP contribution in [0, 0.1) is 6.92 Å². The lowest BCUT2D eigenvalue weighted by molar-refractivity contribution is -0.121. The van der Waals surface area contributed by atoms with Gasteiger partial charge in [0.05, 0.1) is 19.3 Å². The fourth-order valence-electron chi connectivity index (χ4n) is 2.39. The molecule has 3 N–H and O–H groups in total. The van der Waals surface area contributed by atoms with E-state index in [0.717, 1.165) is 11.3 Å². The van der Waals surface area contributed by atoms with E-state index < -0.39 is 0 Å². The fourth-order valence-corrected chi connectivity index (χ4v) is 2.39. The van der Waals surface area contributed by atoms with E-state index in [0.29, 0.717) is 38.4 Å². The number of carbonyl (C=O) groups is 1. The number of rotatable bonds is 10. The maximum Gasteiger partial charge on any atom is 0.241 e. The Morgan fingerprint density at radius 3 is 2.35 bits per heavy atom. The van der Waals surface area contributed by atoms with Crippen LogP contribution in [-0.4, -0.2) is 57.4 Å². The van der Waals surface area contributed by atoms with E-state index >= 15 is 0 Å². The first-order chi connectivity index (χ1) is 11.0. The Bertz CT molecular complexity index is 486. The van der Waals surface area contributed by atoms with Crippen molar-refractivity contribution in [1.82, 2.24) is 4.90 Å². The summed E-state index contributed by atoms with van der Waals surface area (Å²) in [5.41, 5.74) is 8.29. The smallest absolute Gasteiger partial charge is 0.241 e. The normalized spacial score (nSPS) is 12.4. The number of hydrogen-bond donors (Lipinski definition) is 2. The molecule has 1 atom stereocenters. The van der Waals surface area contributed by atoms with E-state index in [1.165, 1.54) is 0 Å². The Balaban J connectivity index is 2.78. The fraction of sp³-hybridized carbons (Fsp3) is 0.588. The number of hydrogen-bond acceptors (Lipinski definition) is 5. The topological polar surface area (TPSA) is 76.8 Å². The number of anilines is 2. The number of amides is 1. The van der Waals surface area contributed by atoms with Crippen molar-refractivity contribution >= 4 is 17.3 Å². The quantitative estimate of drug-likeness (QED) is 0.643. The zero-order chi connectivity index (χ0) is 17.2. The van der Waals surface area contributed by atoms with Gasteiger partial charge in [0.2, 0.25) is 5.91 Å². The summed E-state index contributed by atoms with van der Waals surface area (Å²) in [6.07, 6.45) is 0.709. The molecule has 130 valence electrons. The van der Waals surface area contributed by atoms with Gasteiger partial charge in [0.15, 0.2) is 0 Å². The summed E-state index contributed by atoms with van der Waals surface area (Å²) >= 11 is 0. The zero-order valence-corrected chi connectivity index (χ0v) is 14.6. The Labute approximate surface area is 138 Å². The molecular formula is C17H29N3O3. The summed E-state index contributed by atoms with van der Waals surface area (Å²) in [6.45, 7) is 6.45. The van der Waals surface area contributed by atoms with E-state index in [1.807, 2.05) is 26.0 Å². The Hall–Kier alpha value is -1.63. The number of nitrogen functional groups attached to an aromatic ring is 1. The number of ether oxygens (including phenoxy) is 2. The van der Waals surface area contributed by atoms with Crippen LogP contribution in [0.2, 0.25) is 0 Å². The summed E-state index contributed by atoms with van der Waals surface area (Å²) in [4.78, 5) is 14.7. The molecular weight excluding hydrogens is 294 g/mol. The summed E-state index contributed by atoms with van der Waals surface area (Å²) in [6, 6.07) is 5.32. The molecule has 1 amide bonds. The highest BCUT2D eigenvalue weighted by molar-refractivity contribution is 5.95. The van der Waals surface area contributed by atoms with E-state index in [-0.39, 0.29) is 11.9 Å². The third-order valence-electron chi connectivity index (χ3n) is 3.84. The zero-order valence-electron chi connectivity index (χ0n) is 14.6. The van der Waals surface area contributed by atoms with E-state index in [2.05, 4.69) is 10.2 Å². The SMILES string of the molecule is CCC(C(=O)Nc1ccc(C)c(N)c1)N(CCOC)CCOC. The van der Waals surface area contributed by atoms with Gasteiger partial charge in [-0.2, -0.15) is 0 Å². The monoisotopic (exact) mass is 323 g/mol. The summed E-state index contributed by atoms with van der Waals surface area (Å²) in [5.74, 6) is -0.0389. The average molecular weight is 323 g/mol. The van der Waals surface area contributed by atoms with Crippen molar-refractivity contribution in [3.8, 4) is 0 Å². The molecule has 0 aliphatic heterocycles. The lowest BCUT2D eigenvalue weighted by Gasteiger charge is -2.29. The minimum Gasteiger partial charge on any atom is -0.398 e. The number of nitrogens with zero attached hydrogens (tertiary/aromatic N) is 1. The van der Waals surface area contributed by atoms with Gasteiger partial charge in [-0.1, -0.05) is 13.0 Å². The first-order valence-corrected chi connectivity index (χ1v) is 7.92. The maximum atomic E-state index is 12.6. The second-order valence-corrected chi connectivity index (χ2v) is 5.51. The molecule has 6 nitrogen and oxygen atoms in total. The van der Waals surface area contributed by atoms with Crippen molar-refractivity contribution in [1.29, 1.82) is 0 Å². The van der Waals surface area contributed by atoms with Gasteiger partial charge < -0.3 is 20.5 Å². The van der Waals surface area contributed by atoms with Crippen molar-refractivity contribution in [3.63, 3.8) is 0 Å². The first kappa shape index (κ1) is 19.4. The van der Waals surface area contributed by atoms with Gasteiger partial charge >= 0.3 is 0 Å². The highest BCUT2D eigenvalue weighted by Gasteiger charge is 2.24. The van der Waals surface area contributed by atoms with Crippen molar-refractivity contribution in [2.75, 3.05) is 51.6 Å². The molecule has 23 heavy (non-hydrogen) atoms. The van der Waals surface area contributed by atoms with E-state index in [9.17, 15) is 4.79 Å². The molecule has 0 fully saturated rings. The Morgan fingerprint density at radius 1 is 1.26 bits per heavy atom. The molecule has 0 aliphatic carbocycles. The molecule has 6 heteroatoms. The molecule has 1 rings (SSSR count). The summed E-state index contributed by atoms with van der Waals surface area (Å²) < 4.78 is 10.3. The van der Waals surface area contributed by atoms with Crippen LogP contribution in [0.3, 0.4) is 0 Å². The number of benzene rings is 1. The van der Waals surface area contributed by atoms with Gasteiger partial charge in [0.1, 0.15) is 0 Å². The molecule has 0 radical (unpaired) electrons. The molecule has 0 aliphatic rings. The predicted molar refractivity (Wildman–Crippen MR) is 93.6 cm³/mol. The Kier molecular flexibility index (Phi) is 8.61. The third-order valence-corrected chi connectivity index (χ3v) is 3.84. The summed E-state index contributed by atoms with van der Waals surface area (Å²) in [7, 11) is 3.31. The first-order valence-electron chi connectivity index (χ1n) is 7.92. The lowest BCUT2D eigenvalue weighted by atomic mass is 10.1. The van der Waals surface area contributed by atoms with Gasteiger partial charge in [0, 0.05) is 38.7 Å². The third kappa shape index (κ3) is 6.17. The number of nitrogens with one attached hydrogen (secondary N) is 1. The molecule has 0 saturated carbocycles. The lowest BCUT2D eigenvalue weighted by Crippen LogP contribution is -2.46. The molecule has 0 saturated heterocycles. The van der Waals surface area contributed by atoms with Crippen molar-refractivity contribution in [2.45, 2.75) is 26.3 Å². The van der Waals surface area contributed by atoms with Gasteiger partial charge in [-0.3, -0.25) is 9.69 Å². The minimum atomic E-state index is -0.233. The second-order valence-electron chi connectivity index (χ2n) is 5.51. The van der Waals surface area contributed by atoms with E-state index in [1.54, 1.807) is 20.3 Å². The highest BCUT2D eigenvalue weighted by Crippen LogP contribution is 2.18. The highest BCUT2D eigenvalue weighted by atomic mass is 16.5. The van der Waals surface area contributed by atoms with Crippen LogP contribution in [0.5, 0.6) is 0 Å². The molecule has 1 aromatic carbocycles. The van der Waals surface area contributed by atoms with Gasteiger partial charge in [-0.05, 0) is 31.0 Å². The predicted octanol–water partition coefficient (Wildman–Crippen LogP) is 1.89. The molecule has 0 bridgehead atoms. The molecule has 0 heterocycles. The van der Waals surface area contributed by atoms with Crippen molar-refractivity contribution in [3.05, 3.63) is 23.8 Å². The average Bonchev–Trinajstić information content (AvgIpc) is 2.53. The van der Waals surface area contributed by atoms with Crippen LogP contribution in [0.4, 0.5) is 11.4 Å². The van der Waals surface area contributed by atoms with Gasteiger partial charge in [0.25, 0.3) is 0 Å². The van der Waals surface area contributed by atoms with Crippen LogP contribution in [0.25, 0.3) is 0 Å². The number of nitrogens with two attached hydrogens (primary N) is 1.